The fourth-order valence-electron chi connectivity index (χ4n) is 3.61. The van der Waals surface area contributed by atoms with E-state index in [-0.39, 0.29) is 18.4 Å². The van der Waals surface area contributed by atoms with E-state index in [1.165, 1.54) is 0 Å². The van der Waals surface area contributed by atoms with Crippen LogP contribution in [0, 0.1) is 11.8 Å². The van der Waals surface area contributed by atoms with Gasteiger partial charge in [-0.1, -0.05) is 37.3 Å². The predicted molar refractivity (Wildman–Crippen MR) is 87.3 cm³/mol. The van der Waals surface area contributed by atoms with Crippen LogP contribution in [0.5, 0.6) is 0 Å². The lowest BCUT2D eigenvalue weighted by Crippen LogP contribution is -2.54. The maximum absolute atomic E-state index is 12.4. The Morgan fingerprint density at radius 3 is 2.33 bits per heavy atom. The summed E-state index contributed by atoms with van der Waals surface area (Å²) in [5.74, 6) is -1.82. The summed E-state index contributed by atoms with van der Waals surface area (Å²) in [5, 5.41) is 18.3. The van der Waals surface area contributed by atoms with Gasteiger partial charge in [-0.3, -0.25) is 14.8 Å². The number of ether oxygens (including phenoxy) is 1. The van der Waals surface area contributed by atoms with E-state index >= 15 is 0 Å². The molecule has 3 N–H and O–H groups in total. The second kappa shape index (κ2) is 8.26. The minimum atomic E-state index is -1.14. The van der Waals surface area contributed by atoms with Crippen molar-refractivity contribution in [3.8, 4) is 0 Å². The van der Waals surface area contributed by atoms with Crippen molar-refractivity contribution < 1.29 is 24.6 Å². The Kier molecular flexibility index (Phi) is 6.34. The first-order chi connectivity index (χ1) is 11.5. The summed E-state index contributed by atoms with van der Waals surface area (Å²) in [5.41, 5.74) is 1.54. The highest BCUT2D eigenvalue weighted by Crippen LogP contribution is 2.40. The third kappa shape index (κ3) is 3.94. The third-order valence-corrected chi connectivity index (χ3v) is 5.09. The monoisotopic (exact) mass is 335 g/mol. The fourth-order valence-corrected chi connectivity index (χ4v) is 3.61. The van der Waals surface area contributed by atoms with Gasteiger partial charge in [0, 0.05) is 0 Å². The number of carbonyl (C=O) groups is 2. The number of carboxylic acid groups (broad SMARTS) is 1. The molecule has 0 heterocycles. The van der Waals surface area contributed by atoms with Crippen molar-refractivity contribution in [2.45, 2.75) is 51.2 Å². The molecule has 1 atom stereocenters. The van der Waals surface area contributed by atoms with Crippen LogP contribution in [-0.2, 0) is 20.9 Å². The zero-order valence-corrected chi connectivity index (χ0v) is 13.9. The lowest BCUT2D eigenvalue weighted by atomic mass is 9.71. The maximum Gasteiger partial charge on any atom is 0.306 e. The van der Waals surface area contributed by atoms with Gasteiger partial charge < -0.3 is 9.84 Å². The molecule has 0 saturated heterocycles. The van der Waals surface area contributed by atoms with Gasteiger partial charge in [-0.25, -0.2) is 5.48 Å². The number of nitrogens with one attached hydrogen (secondary N) is 1. The molecule has 0 aromatic heterocycles. The molecule has 1 amide bonds. The molecule has 6 nitrogen and oxygen atoms in total. The van der Waals surface area contributed by atoms with Gasteiger partial charge in [0.1, 0.15) is 0 Å². The van der Waals surface area contributed by atoms with Gasteiger partial charge in [-0.2, -0.15) is 0 Å². The number of rotatable bonds is 7. The maximum atomic E-state index is 12.4. The normalized spacial score (nSPS) is 23.2. The number of hydrogen-bond acceptors (Lipinski definition) is 4. The van der Waals surface area contributed by atoms with Gasteiger partial charge in [0.2, 0.25) is 0 Å². The van der Waals surface area contributed by atoms with Crippen molar-refractivity contribution in [3.63, 3.8) is 0 Å². The Morgan fingerprint density at radius 1 is 1.21 bits per heavy atom. The van der Waals surface area contributed by atoms with E-state index < -0.39 is 17.5 Å². The van der Waals surface area contributed by atoms with Crippen molar-refractivity contribution in [1.82, 2.24) is 5.48 Å². The average molecular weight is 335 g/mol. The first-order valence-corrected chi connectivity index (χ1v) is 8.38. The molecule has 2 rings (SSSR count). The van der Waals surface area contributed by atoms with Crippen molar-refractivity contribution in [3.05, 3.63) is 35.9 Å². The van der Waals surface area contributed by atoms with E-state index in [0.29, 0.717) is 32.1 Å². The second-order valence-electron chi connectivity index (χ2n) is 6.35. The van der Waals surface area contributed by atoms with Gasteiger partial charge >= 0.3 is 5.97 Å². The summed E-state index contributed by atoms with van der Waals surface area (Å²) >= 11 is 0. The number of hydroxylamine groups is 1. The van der Waals surface area contributed by atoms with Gasteiger partial charge in [0.25, 0.3) is 5.91 Å². The van der Waals surface area contributed by atoms with Crippen LogP contribution in [0.4, 0.5) is 0 Å². The standard InChI is InChI=1S/C18H25NO5/c1-2-18(17(22)19-23,24-12-13-6-4-3-5-7-13)15-10-8-14(9-11-15)16(20)21/h3-7,14-15,23H,2,8-12H2,1H3,(H,19,22)(H,20,21). The number of carbonyl (C=O) groups excluding carboxylic acids is 1. The fraction of sp³-hybridized carbons (Fsp3) is 0.556. The number of amides is 1. The third-order valence-electron chi connectivity index (χ3n) is 5.09. The lowest BCUT2D eigenvalue weighted by Gasteiger charge is -2.41. The smallest absolute Gasteiger partial charge is 0.306 e. The summed E-state index contributed by atoms with van der Waals surface area (Å²) in [7, 11) is 0. The Bertz CT molecular complexity index is 554. The first-order valence-electron chi connectivity index (χ1n) is 8.38. The van der Waals surface area contributed by atoms with Gasteiger partial charge in [-0.05, 0) is 43.6 Å². The molecule has 24 heavy (non-hydrogen) atoms. The zero-order chi connectivity index (χ0) is 17.6. The summed E-state index contributed by atoms with van der Waals surface area (Å²) < 4.78 is 6.03. The van der Waals surface area contributed by atoms with E-state index in [9.17, 15) is 14.8 Å². The van der Waals surface area contributed by atoms with E-state index in [1.54, 1.807) is 5.48 Å². The Labute approximate surface area is 141 Å². The molecule has 1 aromatic rings. The van der Waals surface area contributed by atoms with Crippen molar-refractivity contribution in [2.24, 2.45) is 11.8 Å². The highest BCUT2D eigenvalue weighted by Gasteiger charge is 2.47. The molecule has 1 fully saturated rings. The van der Waals surface area contributed by atoms with Gasteiger partial charge in [-0.15, -0.1) is 0 Å². The van der Waals surface area contributed by atoms with Crippen LogP contribution >= 0.6 is 0 Å². The molecule has 0 radical (unpaired) electrons. The quantitative estimate of drug-likeness (QED) is 0.526. The summed E-state index contributed by atoms with van der Waals surface area (Å²) in [6, 6.07) is 9.54. The molecule has 1 aliphatic carbocycles. The minimum Gasteiger partial charge on any atom is -0.481 e. The molecule has 0 spiro atoms. The average Bonchev–Trinajstić information content (AvgIpc) is 2.63. The Hall–Kier alpha value is -1.92. The van der Waals surface area contributed by atoms with E-state index in [1.807, 2.05) is 37.3 Å². The molecule has 0 bridgehead atoms. The molecule has 132 valence electrons. The van der Waals surface area contributed by atoms with Crippen molar-refractivity contribution in [1.29, 1.82) is 0 Å². The van der Waals surface area contributed by atoms with Gasteiger partial charge in [0.05, 0.1) is 12.5 Å². The van der Waals surface area contributed by atoms with E-state index in [2.05, 4.69) is 0 Å². The topological polar surface area (TPSA) is 95.9 Å². The summed E-state index contributed by atoms with van der Waals surface area (Å²) in [6.07, 6.45) is 2.64. The van der Waals surface area contributed by atoms with E-state index in [4.69, 9.17) is 9.84 Å². The van der Waals surface area contributed by atoms with Gasteiger partial charge in [0.15, 0.2) is 5.60 Å². The van der Waals surface area contributed by atoms with Crippen LogP contribution in [0.15, 0.2) is 30.3 Å². The molecular weight excluding hydrogens is 310 g/mol. The number of aliphatic carboxylic acids is 1. The minimum absolute atomic E-state index is 0.117. The number of carboxylic acids is 1. The van der Waals surface area contributed by atoms with Crippen LogP contribution in [0.2, 0.25) is 0 Å². The van der Waals surface area contributed by atoms with Crippen LogP contribution in [-0.4, -0.2) is 27.8 Å². The second-order valence-corrected chi connectivity index (χ2v) is 6.35. The highest BCUT2D eigenvalue weighted by molar-refractivity contribution is 5.84. The van der Waals surface area contributed by atoms with Crippen LogP contribution in [0.1, 0.15) is 44.6 Å². The SMILES string of the molecule is CCC(OCc1ccccc1)(C(=O)NO)C1CCC(C(=O)O)CC1. The van der Waals surface area contributed by atoms with Crippen molar-refractivity contribution in [2.75, 3.05) is 0 Å². The van der Waals surface area contributed by atoms with Crippen LogP contribution in [0.3, 0.4) is 0 Å². The number of hydrogen-bond donors (Lipinski definition) is 3. The lowest BCUT2D eigenvalue weighted by molar-refractivity contribution is -0.172. The van der Waals surface area contributed by atoms with Crippen molar-refractivity contribution >= 4 is 11.9 Å². The van der Waals surface area contributed by atoms with Crippen LogP contribution in [0.25, 0.3) is 0 Å². The highest BCUT2D eigenvalue weighted by atomic mass is 16.5. The first kappa shape index (κ1) is 18.4. The molecule has 0 aliphatic heterocycles. The molecule has 1 aromatic carbocycles. The molecule has 1 aliphatic rings. The molecular formula is C18H25NO5. The largest absolute Gasteiger partial charge is 0.481 e. The zero-order valence-electron chi connectivity index (χ0n) is 13.9. The predicted octanol–water partition coefficient (Wildman–Crippen LogP) is 2.75. The number of benzene rings is 1. The Balaban J connectivity index is 2.14. The molecule has 1 saturated carbocycles. The van der Waals surface area contributed by atoms with Crippen LogP contribution < -0.4 is 5.48 Å². The summed E-state index contributed by atoms with van der Waals surface area (Å²) in [6.45, 7) is 2.12. The molecule has 1 unspecified atom stereocenters. The molecule has 6 heteroatoms. The Morgan fingerprint density at radius 2 is 1.83 bits per heavy atom. The van der Waals surface area contributed by atoms with E-state index in [0.717, 1.165) is 5.56 Å². The summed E-state index contributed by atoms with van der Waals surface area (Å²) in [4.78, 5) is 23.5.